The van der Waals surface area contributed by atoms with Crippen molar-refractivity contribution in [1.82, 2.24) is 0 Å². The minimum atomic E-state index is -0.593. The molecule has 0 aliphatic carbocycles. The van der Waals surface area contributed by atoms with Gasteiger partial charge in [-0.3, -0.25) is 0 Å². The summed E-state index contributed by atoms with van der Waals surface area (Å²) in [6.45, 7) is 8.53. The third kappa shape index (κ3) is 4.38. The van der Waals surface area contributed by atoms with Crippen molar-refractivity contribution in [2.45, 2.75) is 46.1 Å². The van der Waals surface area contributed by atoms with Crippen molar-refractivity contribution in [3.8, 4) is 0 Å². The molecule has 2 heteroatoms. The van der Waals surface area contributed by atoms with Gasteiger partial charge in [-0.25, -0.2) is 0 Å². The van der Waals surface area contributed by atoms with E-state index in [0.717, 1.165) is 12.8 Å². The second-order valence-corrected chi connectivity index (χ2v) is 4.36. The molecule has 2 nitrogen and oxygen atoms in total. The van der Waals surface area contributed by atoms with E-state index in [1.54, 1.807) is 0 Å². The van der Waals surface area contributed by atoms with E-state index in [9.17, 15) is 5.11 Å². The second kappa shape index (κ2) is 3.55. The molecule has 0 aromatic carbocycles. The fourth-order valence-electron chi connectivity index (χ4n) is 1.39. The van der Waals surface area contributed by atoms with Gasteiger partial charge < -0.3 is 10.8 Å². The second-order valence-electron chi connectivity index (χ2n) is 4.36. The zero-order valence-electron chi connectivity index (χ0n) is 8.15. The molecule has 3 N–H and O–H groups in total. The van der Waals surface area contributed by atoms with E-state index in [4.69, 9.17) is 5.73 Å². The lowest BCUT2D eigenvalue weighted by Gasteiger charge is -2.32. The molecule has 0 bridgehead atoms. The molecule has 0 radical (unpaired) electrons. The first-order valence-corrected chi connectivity index (χ1v) is 4.25. The maximum atomic E-state index is 9.56. The first kappa shape index (κ1) is 10.9. The average Bonchev–Trinajstić information content (AvgIpc) is 1.84. The van der Waals surface area contributed by atoms with Crippen molar-refractivity contribution in [3.05, 3.63) is 0 Å². The van der Waals surface area contributed by atoms with Crippen LogP contribution in [0.3, 0.4) is 0 Å². The van der Waals surface area contributed by atoms with Crippen LogP contribution in [0.15, 0.2) is 0 Å². The van der Waals surface area contributed by atoms with Gasteiger partial charge in [-0.05, 0) is 38.6 Å². The predicted molar refractivity (Wildman–Crippen MR) is 48.4 cm³/mol. The van der Waals surface area contributed by atoms with Gasteiger partial charge in [0.1, 0.15) is 0 Å². The highest BCUT2D eigenvalue weighted by Crippen LogP contribution is 2.30. The lowest BCUT2D eigenvalue weighted by atomic mass is 9.78. The first-order valence-electron chi connectivity index (χ1n) is 4.25. The van der Waals surface area contributed by atoms with Gasteiger partial charge in [0.25, 0.3) is 0 Å². The van der Waals surface area contributed by atoms with E-state index in [0.29, 0.717) is 6.54 Å². The van der Waals surface area contributed by atoms with Crippen molar-refractivity contribution in [3.63, 3.8) is 0 Å². The molecular formula is C9H21NO. The Labute approximate surface area is 69.8 Å². The maximum Gasteiger partial charge on any atom is 0.0597 e. The van der Waals surface area contributed by atoms with Gasteiger partial charge in [0.15, 0.2) is 0 Å². The normalized spacial score (nSPS) is 18.0. The van der Waals surface area contributed by atoms with E-state index >= 15 is 0 Å². The van der Waals surface area contributed by atoms with Crippen LogP contribution in [0, 0.1) is 5.41 Å². The van der Waals surface area contributed by atoms with Crippen molar-refractivity contribution in [1.29, 1.82) is 0 Å². The van der Waals surface area contributed by atoms with Gasteiger partial charge in [-0.2, -0.15) is 0 Å². The van der Waals surface area contributed by atoms with Crippen LogP contribution in [0.25, 0.3) is 0 Å². The van der Waals surface area contributed by atoms with Gasteiger partial charge in [-0.1, -0.05) is 13.8 Å². The van der Waals surface area contributed by atoms with Crippen LogP contribution < -0.4 is 5.73 Å². The van der Waals surface area contributed by atoms with E-state index < -0.39 is 5.60 Å². The first-order chi connectivity index (χ1) is 4.83. The zero-order chi connectivity index (χ0) is 9.12. The Balaban J connectivity index is 4.08. The molecule has 11 heavy (non-hydrogen) atoms. The Morgan fingerprint density at radius 1 is 1.27 bits per heavy atom. The van der Waals surface area contributed by atoms with E-state index in [2.05, 4.69) is 13.8 Å². The molecular weight excluding hydrogens is 138 g/mol. The van der Waals surface area contributed by atoms with Crippen molar-refractivity contribution in [2.75, 3.05) is 6.54 Å². The molecule has 0 saturated heterocycles. The van der Waals surface area contributed by atoms with Gasteiger partial charge in [0, 0.05) is 0 Å². The monoisotopic (exact) mass is 159 g/mol. The molecule has 0 aromatic heterocycles. The highest BCUT2D eigenvalue weighted by atomic mass is 16.3. The molecule has 0 aliphatic heterocycles. The molecule has 0 spiro atoms. The van der Waals surface area contributed by atoms with E-state index in [1.165, 1.54) is 0 Å². The van der Waals surface area contributed by atoms with Crippen LogP contribution in [0.5, 0.6) is 0 Å². The lowest BCUT2D eigenvalue weighted by molar-refractivity contribution is 0.0276. The van der Waals surface area contributed by atoms with Crippen LogP contribution in [0.1, 0.15) is 40.5 Å². The minimum absolute atomic E-state index is 0.0955. The molecule has 0 heterocycles. The van der Waals surface area contributed by atoms with Crippen LogP contribution >= 0.6 is 0 Å². The van der Waals surface area contributed by atoms with E-state index in [-0.39, 0.29) is 5.41 Å². The molecule has 0 amide bonds. The molecule has 68 valence electrons. The number of hydrogen-bond donors (Lipinski definition) is 2. The summed E-state index contributed by atoms with van der Waals surface area (Å²) < 4.78 is 0. The maximum absolute atomic E-state index is 9.56. The van der Waals surface area contributed by atoms with Crippen molar-refractivity contribution >= 4 is 0 Å². The zero-order valence-corrected chi connectivity index (χ0v) is 8.15. The lowest BCUT2D eigenvalue weighted by Crippen LogP contribution is -2.35. The summed E-state index contributed by atoms with van der Waals surface area (Å²) in [7, 11) is 0. The fourth-order valence-corrected chi connectivity index (χ4v) is 1.39. The van der Waals surface area contributed by atoms with Gasteiger partial charge in [0.2, 0.25) is 0 Å². The topological polar surface area (TPSA) is 46.2 Å². The van der Waals surface area contributed by atoms with Crippen LogP contribution in [-0.4, -0.2) is 17.3 Å². The smallest absolute Gasteiger partial charge is 0.0597 e. The summed E-state index contributed by atoms with van der Waals surface area (Å²) in [5.74, 6) is 0. The number of hydrogen-bond acceptors (Lipinski definition) is 2. The predicted octanol–water partition coefficient (Wildman–Crippen LogP) is 1.52. The average molecular weight is 159 g/mol. The molecule has 0 saturated carbocycles. The van der Waals surface area contributed by atoms with Crippen molar-refractivity contribution < 1.29 is 5.11 Å². The van der Waals surface area contributed by atoms with Crippen molar-refractivity contribution in [2.24, 2.45) is 11.1 Å². The minimum Gasteiger partial charge on any atom is -0.390 e. The van der Waals surface area contributed by atoms with Crippen LogP contribution in [0.2, 0.25) is 0 Å². The van der Waals surface area contributed by atoms with Crippen LogP contribution in [0.4, 0.5) is 0 Å². The van der Waals surface area contributed by atoms with Gasteiger partial charge in [0.05, 0.1) is 5.60 Å². The summed E-state index contributed by atoms with van der Waals surface area (Å²) in [5.41, 5.74) is 5.12. The SMILES string of the molecule is CCC(C)(CN)CC(C)(C)O. The third-order valence-electron chi connectivity index (χ3n) is 2.21. The number of aliphatic hydroxyl groups is 1. The Bertz CT molecular complexity index is 111. The Morgan fingerprint density at radius 2 is 1.73 bits per heavy atom. The standard InChI is InChI=1S/C9H21NO/c1-5-9(4,7-10)6-8(2,3)11/h11H,5-7,10H2,1-4H3. The fraction of sp³-hybridized carbons (Fsp3) is 1.00. The van der Waals surface area contributed by atoms with Gasteiger partial charge in [-0.15, -0.1) is 0 Å². The Morgan fingerprint density at radius 3 is 1.82 bits per heavy atom. The summed E-state index contributed by atoms with van der Waals surface area (Å²) in [5, 5.41) is 9.56. The highest BCUT2D eigenvalue weighted by molar-refractivity contribution is 4.81. The summed E-state index contributed by atoms with van der Waals surface area (Å²) in [6.07, 6.45) is 1.79. The van der Waals surface area contributed by atoms with Gasteiger partial charge >= 0.3 is 0 Å². The molecule has 0 rings (SSSR count). The molecule has 0 aromatic rings. The largest absolute Gasteiger partial charge is 0.390 e. The summed E-state index contributed by atoms with van der Waals surface area (Å²) in [4.78, 5) is 0. The Hall–Kier alpha value is -0.0800. The molecule has 0 aliphatic rings. The highest BCUT2D eigenvalue weighted by Gasteiger charge is 2.27. The molecule has 1 atom stereocenters. The quantitative estimate of drug-likeness (QED) is 0.653. The summed E-state index contributed by atoms with van der Waals surface area (Å²) in [6, 6.07) is 0. The molecule has 0 fully saturated rings. The number of rotatable bonds is 4. The summed E-state index contributed by atoms with van der Waals surface area (Å²) >= 11 is 0. The van der Waals surface area contributed by atoms with Crippen LogP contribution in [-0.2, 0) is 0 Å². The Kier molecular flexibility index (Phi) is 3.52. The van der Waals surface area contributed by atoms with E-state index in [1.807, 2.05) is 13.8 Å². The number of nitrogens with two attached hydrogens (primary N) is 1. The molecule has 1 unspecified atom stereocenters. The third-order valence-corrected chi connectivity index (χ3v) is 2.21.